The van der Waals surface area contributed by atoms with Gasteiger partial charge in [0.05, 0.1) is 13.2 Å². The number of hydrogen-bond donors (Lipinski definition) is 4. The maximum absolute atomic E-state index is 12.5. The van der Waals surface area contributed by atoms with E-state index in [2.05, 4.69) is 48.5 Å². The maximum atomic E-state index is 12.5. The van der Waals surface area contributed by atoms with Crippen LogP contribution in [0.1, 0.15) is 66.0 Å². The zero-order valence-corrected chi connectivity index (χ0v) is 20.8. The van der Waals surface area contributed by atoms with Crippen molar-refractivity contribution in [2.45, 2.75) is 67.5 Å². The van der Waals surface area contributed by atoms with Crippen LogP contribution in [-0.2, 0) is 16.1 Å². The summed E-state index contributed by atoms with van der Waals surface area (Å²) in [5, 5.41) is 14.1. The van der Waals surface area contributed by atoms with E-state index >= 15 is 0 Å². The molecule has 6 N–H and O–H groups in total. The van der Waals surface area contributed by atoms with Gasteiger partial charge in [0.25, 0.3) is 0 Å². The summed E-state index contributed by atoms with van der Waals surface area (Å²) in [4.78, 5) is 12.5. The van der Waals surface area contributed by atoms with E-state index in [9.17, 15) is 4.79 Å². The molecule has 0 saturated heterocycles. The summed E-state index contributed by atoms with van der Waals surface area (Å²) in [6.07, 6.45) is 0.395. The number of nitrogens with two attached hydrogens (primary N) is 2. The van der Waals surface area contributed by atoms with E-state index in [1.807, 2.05) is 38.1 Å². The molecule has 1 amide bonds. The third-order valence-electron chi connectivity index (χ3n) is 4.67. The third kappa shape index (κ3) is 11.8. The molecule has 0 unspecified atom stereocenters. The molecule has 0 radical (unpaired) electrons. The van der Waals surface area contributed by atoms with Gasteiger partial charge in [0.15, 0.2) is 5.84 Å². The molecule has 0 aliphatic heterocycles. The van der Waals surface area contributed by atoms with Gasteiger partial charge >= 0.3 is 0 Å². The number of carbonyl (C=O) groups excluding carboxylic acids is 1. The Balaban J connectivity index is 2.46. The first-order chi connectivity index (χ1) is 14.8. The molecule has 0 saturated carbocycles. The average Bonchev–Trinajstić information content (AvgIpc) is 2.68. The molecule has 0 bridgehead atoms. The van der Waals surface area contributed by atoms with Crippen LogP contribution >= 0.6 is 0 Å². The van der Waals surface area contributed by atoms with E-state index in [0.717, 1.165) is 17.7 Å². The molecule has 0 atom stereocenters. The van der Waals surface area contributed by atoms with E-state index < -0.39 is 0 Å². The van der Waals surface area contributed by atoms with Crippen LogP contribution in [0.25, 0.3) is 0 Å². The van der Waals surface area contributed by atoms with Crippen LogP contribution in [0.2, 0.25) is 0 Å². The highest BCUT2D eigenvalue weighted by atomic mass is 16.5. The number of ether oxygens (including phenoxy) is 1. The number of carbonyl (C=O) groups is 1. The Kier molecular flexibility index (Phi) is 10.8. The summed E-state index contributed by atoms with van der Waals surface area (Å²) >= 11 is 0. The van der Waals surface area contributed by atoms with Gasteiger partial charge in [0, 0.05) is 36.5 Å². The second kappa shape index (κ2) is 12.6. The lowest BCUT2D eigenvalue weighted by atomic mass is 9.89. The van der Waals surface area contributed by atoms with Gasteiger partial charge in [0.2, 0.25) is 5.91 Å². The normalized spacial score (nSPS) is 13.5. The minimum atomic E-state index is -0.248. The molecule has 0 spiro atoms. The van der Waals surface area contributed by atoms with Crippen molar-refractivity contribution < 1.29 is 9.53 Å². The fraction of sp³-hybridized carbons (Fsp3) is 0.625. The van der Waals surface area contributed by atoms with Crippen LogP contribution in [0, 0.1) is 10.8 Å². The van der Waals surface area contributed by atoms with Crippen LogP contribution in [0.4, 0.5) is 0 Å². The summed E-state index contributed by atoms with van der Waals surface area (Å²) in [6, 6.07) is 7.94. The molecule has 0 aromatic heterocycles. The van der Waals surface area contributed by atoms with E-state index in [-0.39, 0.29) is 22.6 Å². The molecule has 8 nitrogen and oxygen atoms in total. The first kappa shape index (κ1) is 27.6. The average molecular weight is 447 g/mol. The monoisotopic (exact) mass is 446 g/mol. The van der Waals surface area contributed by atoms with Crippen molar-refractivity contribution in [3.8, 4) is 0 Å². The summed E-state index contributed by atoms with van der Waals surface area (Å²) in [5.74, 6) is 0.625. The van der Waals surface area contributed by atoms with Gasteiger partial charge in [-0.15, -0.1) is 10.2 Å². The van der Waals surface area contributed by atoms with E-state index in [4.69, 9.17) is 16.2 Å². The highest BCUT2D eigenvalue weighted by Gasteiger charge is 2.25. The topological polar surface area (TPSA) is 127 Å². The van der Waals surface area contributed by atoms with Crippen molar-refractivity contribution in [2.24, 2.45) is 32.5 Å². The zero-order valence-electron chi connectivity index (χ0n) is 20.8. The number of nitrogens with one attached hydrogen (secondary N) is 2. The molecule has 32 heavy (non-hydrogen) atoms. The fourth-order valence-corrected chi connectivity index (χ4v) is 2.87. The van der Waals surface area contributed by atoms with Crippen LogP contribution < -0.4 is 22.1 Å². The van der Waals surface area contributed by atoms with Gasteiger partial charge in [0.1, 0.15) is 5.84 Å². The van der Waals surface area contributed by atoms with Crippen LogP contribution in [0.3, 0.4) is 0 Å². The molecule has 0 aliphatic carbocycles. The molecular formula is C24H42N6O2. The molecule has 0 aliphatic rings. The second-order valence-corrected chi connectivity index (χ2v) is 10.2. The maximum Gasteiger partial charge on any atom is 0.220 e. The van der Waals surface area contributed by atoms with E-state index in [1.165, 1.54) is 0 Å². The highest BCUT2D eigenvalue weighted by molar-refractivity contribution is 5.97. The lowest BCUT2D eigenvalue weighted by molar-refractivity contribution is -0.124. The second-order valence-electron chi connectivity index (χ2n) is 10.2. The number of amidine groups is 2. The number of nitrogens with zero attached hydrogens (tertiary/aromatic N) is 2. The Morgan fingerprint density at radius 1 is 1.03 bits per heavy atom. The first-order valence-electron chi connectivity index (χ1n) is 11.1. The lowest BCUT2D eigenvalue weighted by Gasteiger charge is -2.29. The van der Waals surface area contributed by atoms with E-state index in [1.54, 1.807) is 6.92 Å². The molecule has 8 heteroatoms. The van der Waals surface area contributed by atoms with Crippen LogP contribution in [-0.4, -0.2) is 43.4 Å². The summed E-state index contributed by atoms with van der Waals surface area (Å²) < 4.78 is 5.97. The summed E-state index contributed by atoms with van der Waals surface area (Å²) in [7, 11) is 0. The van der Waals surface area contributed by atoms with Crippen molar-refractivity contribution in [1.29, 1.82) is 0 Å². The minimum absolute atomic E-state index is 0.00255. The SMILES string of the molecule is C/C(N)=N/N=C(\N)c1ccc(CNC(=O)CC(C)(C)COCC(C)(C)CNC(C)C)cc1. The summed E-state index contributed by atoms with van der Waals surface area (Å²) in [5.41, 5.74) is 12.9. The predicted molar refractivity (Wildman–Crippen MR) is 132 cm³/mol. The zero-order chi connectivity index (χ0) is 24.4. The van der Waals surface area contributed by atoms with Gasteiger partial charge in [-0.25, -0.2) is 0 Å². The van der Waals surface area contributed by atoms with E-state index in [0.29, 0.717) is 38.1 Å². The van der Waals surface area contributed by atoms with Crippen LogP contribution in [0.15, 0.2) is 34.5 Å². The third-order valence-corrected chi connectivity index (χ3v) is 4.67. The Labute approximate surface area is 193 Å². The summed E-state index contributed by atoms with van der Waals surface area (Å²) in [6.45, 7) is 16.9. The van der Waals surface area contributed by atoms with Gasteiger partial charge in [-0.3, -0.25) is 4.79 Å². The minimum Gasteiger partial charge on any atom is -0.386 e. The van der Waals surface area contributed by atoms with Crippen LogP contribution in [0.5, 0.6) is 0 Å². The lowest BCUT2D eigenvalue weighted by Crippen LogP contribution is -2.38. The largest absolute Gasteiger partial charge is 0.386 e. The molecule has 1 aromatic rings. The Bertz CT molecular complexity index is 778. The van der Waals surface area contributed by atoms with Gasteiger partial charge in [-0.1, -0.05) is 65.8 Å². The fourth-order valence-electron chi connectivity index (χ4n) is 2.87. The van der Waals surface area contributed by atoms with Gasteiger partial charge in [-0.05, 0) is 17.9 Å². The number of hydrogen-bond acceptors (Lipinski definition) is 5. The van der Waals surface area contributed by atoms with Crippen molar-refractivity contribution in [3.05, 3.63) is 35.4 Å². The Morgan fingerprint density at radius 3 is 2.19 bits per heavy atom. The molecule has 180 valence electrons. The highest BCUT2D eigenvalue weighted by Crippen LogP contribution is 2.23. The van der Waals surface area contributed by atoms with Gasteiger partial charge in [-0.2, -0.15) is 0 Å². The van der Waals surface area contributed by atoms with Crippen molar-refractivity contribution >= 4 is 17.6 Å². The molecule has 0 heterocycles. The quantitative estimate of drug-likeness (QED) is 0.210. The van der Waals surface area contributed by atoms with Crippen molar-refractivity contribution in [3.63, 3.8) is 0 Å². The Morgan fingerprint density at radius 2 is 1.62 bits per heavy atom. The van der Waals surface area contributed by atoms with Gasteiger partial charge < -0.3 is 26.8 Å². The standard InChI is InChI=1S/C24H42N6O2/c1-17(2)28-14-24(6,7)16-32-15-23(4,5)12-21(31)27-13-19-8-10-20(11-9-19)22(26)30-29-18(3)25/h8-11,17,28H,12-16H2,1-7H3,(H2,25,29)(H2,26,30)(H,27,31). The van der Waals surface area contributed by atoms with Crippen molar-refractivity contribution in [1.82, 2.24) is 10.6 Å². The Hall–Kier alpha value is -2.45. The van der Waals surface area contributed by atoms with Crippen molar-refractivity contribution in [2.75, 3.05) is 19.8 Å². The first-order valence-corrected chi connectivity index (χ1v) is 11.1. The smallest absolute Gasteiger partial charge is 0.220 e. The number of rotatable bonds is 13. The molecule has 1 rings (SSSR count). The predicted octanol–water partition coefficient (Wildman–Crippen LogP) is 2.76. The molecular weight excluding hydrogens is 404 g/mol. The molecule has 1 aromatic carbocycles. The number of amides is 1. The number of benzene rings is 1. The molecule has 0 fully saturated rings.